The van der Waals surface area contributed by atoms with Gasteiger partial charge < -0.3 is 20.1 Å². The Labute approximate surface area is 206 Å². The number of carbonyl (C=O) groups is 2. The number of fused-ring (bicyclic) bond motifs is 1. The zero-order valence-electron chi connectivity index (χ0n) is 19.0. The Morgan fingerprint density at radius 3 is 2.51 bits per heavy atom. The molecule has 10 heteroatoms. The predicted octanol–water partition coefficient (Wildman–Crippen LogP) is 4.01. The van der Waals surface area contributed by atoms with Gasteiger partial charge in [-0.2, -0.15) is 8.75 Å². The van der Waals surface area contributed by atoms with Crippen LogP contribution in [0.25, 0.3) is 0 Å². The molecule has 2 heterocycles. The van der Waals surface area contributed by atoms with Crippen molar-refractivity contribution in [3.05, 3.63) is 71.3 Å². The highest BCUT2D eigenvalue weighted by atomic mass is 32.1. The van der Waals surface area contributed by atoms with Crippen LogP contribution in [-0.2, 0) is 16.9 Å². The molecule has 1 aliphatic carbocycles. The Morgan fingerprint density at radius 2 is 1.83 bits per heavy atom. The van der Waals surface area contributed by atoms with Crippen LogP contribution >= 0.6 is 11.7 Å². The van der Waals surface area contributed by atoms with Crippen LogP contribution < -0.4 is 15.2 Å². The smallest absolute Gasteiger partial charge is 0.276 e. The zero-order valence-corrected chi connectivity index (χ0v) is 19.8. The summed E-state index contributed by atoms with van der Waals surface area (Å²) >= 11 is 0.911. The largest absolute Gasteiger partial charge is 0.454 e. The van der Waals surface area contributed by atoms with Crippen LogP contribution in [0.3, 0.4) is 0 Å². The van der Waals surface area contributed by atoms with Crippen molar-refractivity contribution in [2.75, 3.05) is 6.79 Å². The summed E-state index contributed by atoms with van der Waals surface area (Å²) in [6.45, 7) is 0.179. The normalized spacial score (nSPS) is 17.1. The Balaban J connectivity index is 1.68. The molecule has 1 unspecified atom stereocenters. The third kappa shape index (κ3) is 4.22. The SMILES string of the molecule is NC(=O)C(c1ccc(F)cc1)(C1CCCCC1)N(Cc1ccc2c(c1)OCO2)C(=O)c1cnsn1. The molecule has 1 saturated carbocycles. The first-order chi connectivity index (χ1) is 17.0. The van der Waals surface area contributed by atoms with Gasteiger partial charge in [0, 0.05) is 6.54 Å². The van der Waals surface area contributed by atoms with Crippen molar-refractivity contribution in [2.24, 2.45) is 11.7 Å². The van der Waals surface area contributed by atoms with E-state index in [2.05, 4.69) is 8.75 Å². The lowest BCUT2D eigenvalue weighted by molar-refractivity contribution is -0.135. The fourth-order valence-corrected chi connectivity index (χ4v) is 5.70. The molecule has 0 spiro atoms. The third-order valence-corrected chi connectivity index (χ3v) is 7.36. The molecule has 0 radical (unpaired) electrons. The third-order valence-electron chi connectivity index (χ3n) is 6.88. The molecule has 182 valence electrons. The van der Waals surface area contributed by atoms with Gasteiger partial charge in [0.2, 0.25) is 12.7 Å². The van der Waals surface area contributed by atoms with Crippen molar-refractivity contribution < 1.29 is 23.5 Å². The number of rotatable bonds is 7. The Hall–Kier alpha value is -3.53. The Bertz CT molecular complexity index is 1210. The summed E-state index contributed by atoms with van der Waals surface area (Å²) < 4.78 is 33.0. The van der Waals surface area contributed by atoms with Crippen molar-refractivity contribution in [3.63, 3.8) is 0 Å². The average Bonchev–Trinajstić information content (AvgIpc) is 3.57. The van der Waals surface area contributed by atoms with E-state index in [4.69, 9.17) is 15.2 Å². The number of halogens is 1. The van der Waals surface area contributed by atoms with Crippen LogP contribution in [0, 0.1) is 11.7 Å². The lowest BCUT2D eigenvalue weighted by Gasteiger charge is -2.48. The van der Waals surface area contributed by atoms with Crippen molar-refractivity contribution in [2.45, 2.75) is 44.2 Å². The second-order valence-corrected chi connectivity index (χ2v) is 9.40. The summed E-state index contributed by atoms with van der Waals surface area (Å²) in [5.74, 6) is -0.632. The molecule has 35 heavy (non-hydrogen) atoms. The van der Waals surface area contributed by atoms with E-state index in [-0.39, 0.29) is 24.9 Å². The number of primary amides is 1. The number of hydrogen-bond acceptors (Lipinski definition) is 7. The molecule has 0 bridgehead atoms. The van der Waals surface area contributed by atoms with Crippen molar-refractivity contribution in [1.82, 2.24) is 13.6 Å². The lowest BCUT2D eigenvalue weighted by Crippen LogP contribution is -2.61. The minimum absolute atomic E-state index is 0.0593. The molecule has 2 aromatic carbocycles. The van der Waals surface area contributed by atoms with Crippen LogP contribution in [0.15, 0.2) is 48.7 Å². The van der Waals surface area contributed by atoms with Crippen LogP contribution in [0.2, 0.25) is 0 Å². The fourth-order valence-electron chi connectivity index (χ4n) is 5.29. The van der Waals surface area contributed by atoms with E-state index in [0.717, 1.165) is 36.6 Å². The van der Waals surface area contributed by atoms with Crippen LogP contribution in [0.5, 0.6) is 11.5 Å². The first-order valence-electron chi connectivity index (χ1n) is 11.5. The van der Waals surface area contributed by atoms with Crippen LogP contribution in [-0.4, -0.2) is 32.3 Å². The zero-order chi connectivity index (χ0) is 24.4. The average molecular weight is 497 g/mol. The summed E-state index contributed by atoms with van der Waals surface area (Å²) in [7, 11) is 0. The molecular weight excluding hydrogens is 471 g/mol. The van der Waals surface area contributed by atoms with Gasteiger partial charge in [-0.15, -0.1) is 0 Å². The van der Waals surface area contributed by atoms with Gasteiger partial charge >= 0.3 is 0 Å². The molecule has 2 amide bonds. The van der Waals surface area contributed by atoms with Gasteiger partial charge in [0.25, 0.3) is 5.91 Å². The molecule has 1 atom stereocenters. The molecule has 2 N–H and O–H groups in total. The van der Waals surface area contributed by atoms with E-state index in [9.17, 15) is 14.0 Å². The van der Waals surface area contributed by atoms with Gasteiger partial charge in [-0.3, -0.25) is 9.59 Å². The minimum atomic E-state index is -1.51. The molecular formula is C25H25FN4O4S. The van der Waals surface area contributed by atoms with Gasteiger partial charge in [0.15, 0.2) is 17.2 Å². The highest BCUT2D eigenvalue weighted by Crippen LogP contribution is 2.45. The number of amides is 2. The van der Waals surface area contributed by atoms with Crippen molar-refractivity contribution >= 4 is 23.5 Å². The van der Waals surface area contributed by atoms with E-state index in [1.54, 1.807) is 24.3 Å². The fraction of sp³-hybridized carbons (Fsp3) is 0.360. The molecule has 8 nitrogen and oxygen atoms in total. The van der Waals surface area contributed by atoms with Crippen LogP contribution in [0.1, 0.15) is 53.7 Å². The van der Waals surface area contributed by atoms with Gasteiger partial charge in [-0.1, -0.05) is 37.5 Å². The highest BCUT2D eigenvalue weighted by molar-refractivity contribution is 6.99. The topological polar surface area (TPSA) is 108 Å². The monoisotopic (exact) mass is 496 g/mol. The summed E-state index contributed by atoms with van der Waals surface area (Å²) in [4.78, 5) is 29.0. The van der Waals surface area contributed by atoms with E-state index in [0.29, 0.717) is 29.9 Å². The molecule has 0 saturated heterocycles. The maximum Gasteiger partial charge on any atom is 0.276 e. The number of benzene rings is 2. The molecule has 3 aromatic rings. The maximum atomic E-state index is 14.0. The molecule has 1 aromatic heterocycles. The summed E-state index contributed by atoms with van der Waals surface area (Å²) in [6, 6.07) is 11.1. The second kappa shape index (κ2) is 9.61. The number of carbonyl (C=O) groups excluding carboxylic acids is 2. The standard InChI is InChI=1S/C25H25FN4O4S/c26-19-9-7-18(8-10-19)25(24(27)32,17-4-2-1-3-5-17)30(23(31)20-13-28-35-29-20)14-16-6-11-21-22(12-16)34-15-33-21/h6-13,17H,1-5,14-15H2,(H2,27,32). The molecule has 1 aliphatic heterocycles. The van der Waals surface area contributed by atoms with Gasteiger partial charge in [0.1, 0.15) is 11.4 Å². The number of hydrogen-bond donors (Lipinski definition) is 1. The quantitative estimate of drug-likeness (QED) is 0.530. The van der Waals surface area contributed by atoms with Gasteiger partial charge in [0.05, 0.1) is 17.9 Å². The van der Waals surface area contributed by atoms with E-state index in [1.165, 1.54) is 23.2 Å². The molecule has 1 fully saturated rings. The number of aromatic nitrogens is 2. The van der Waals surface area contributed by atoms with Gasteiger partial charge in [-0.25, -0.2) is 4.39 Å². The van der Waals surface area contributed by atoms with Crippen molar-refractivity contribution in [3.8, 4) is 11.5 Å². The van der Waals surface area contributed by atoms with E-state index < -0.39 is 23.2 Å². The molecule has 5 rings (SSSR count). The summed E-state index contributed by atoms with van der Waals surface area (Å²) in [6.07, 6.45) is 5.66. The maximum absolute atomic E-state index is 14.0. The van der Waals surface area contributed by atoms with Gasteiger partial charge in [-0.05, 0) is 54.2 Å². The molecule has 2 aliphatic rings. The highest BCUT2D eigenvalue weighted by Gasteiger charge is 2.53. The van der Waals surface area contributed by atoms with E-state index >= 15 is 0 Å². The number of nitrogens with two attached hydrogens (primary N) is 1. The second-order valence-electron chi connectivity index (χ2n) is 8.84. The first-order valence-corrected chi connectivity index (χ1v) is 12.3. The number of ether oxygens (including phenoxy) is 2. The Morgan fingerprint density at radius 1 is 1.09 bits per heavy atom. The van der Waals surface area contributed by atoms with E-state index in [1.807, 2.05) is 6.07 Å². The first kappa shape index (κ1) is 23.2. The lowest BCUT2D eigenvalue weighted by atomic mass is 9.69. The number of nitrogens with zero attached hydrogens (tertiary/aromatic N) is 3. The predicted molar refractivity (Wildman–Crippen MR) is 126 cm³/mol. The Kier molecular flexibility index (Phi) is 6.38. The van der Waals surface area contributed by atoms with Crippen LogP contribution in [0.4, 0.5) is 4.39 Å². The minimum Gasteiger partial charge on any atom is -0.454 e. The summed E-state index contributed by atoms with van der Waals surface area (Å²) in [5, 5.41) is 0. The van der Waals surface area contributed by atoms with Crippen molar-refractivity contribution in [1.29, 1.82) is 0 Å². The summed E-state index contributed by atoms with van der Waals surface area (Å²) in [5.41, 5.74) is 6.03.